The van der Waals surface area contributed by atoms with Crippen molar-refractivity contribution in [3.63, 3.8) is 0 Å². The van der Waals surface area contributed by atoms with Gasteiger partial charge in [0.15, 0.2) is 11.5 Å². The molecule has 0 amide bonds. The molecule has 5 heteroatoms. The van der Waals surface area contributed by atoms with E-state index in [1.165, 1.54) is 11.1 Å². The van der Waals surface area contributed by atoms with E-state index in [9.17, 15) is 5.11 Å². The molecule has 2 unspecified atom stereocenters. The highest BCUT2D eigenvalue weighted by Gasteiger charge is 2.54. The number of benzene rings is 1. The number of rotatable bonds is 3. The zero-order chi connectivity index (χ0) is 16.9. The fourth-order valence-electron chi connectivity index (χ4n) is 4.79. The number of allylic oxidation sites excluding steroid dienone is 1. The predicted molar refractivity (Wildman–Crippen MR) is 90.3 cm³/mol. The van der Waals surface area contributed by atoms with Crippen molar-refractivity contribution in [3.05, 3.63) is 35.4 Å². The van der Waals surface area contributed by atoms with Crippen LogP contribution in [0, 0.1) is 5.92 Å². The van der Waals surface area contributed by atoms with E-state index >= 15 is 0 Å². The Balaban J connectivity index is 1.94. The lowest BCUT2D eigenvalue weighted by atomic mass is 9.55. The van der Waals surface area contributed by atoms with E-state index in [-0.39, 0.29) is 23.7 Å². The Morgan fingerprint density at radius 3 is 3.00 bits per heavy atom. The van der Waals surface area contributed by atoms with Crippen LogP contribution >= 0.6 is 0 Å². The number of hydrogen-bond acceptors (Lipinski definition) is 5. The van der Waals surface area contributed by atoms with Crippen molar-refractivity contribution in [3.8, 4) is 11.5 Å². The number of methoxy groups -OCH3 is 1. The number of nitrogens with two attached hydrogens (primary N) is 1. The van der Waals surface area contributed by atoms with Gasteiger partial charge < -0.3 is 25.1 Å². The van der Waals surface area contributed by atoms with Crippen LogP contribution < -0.4 is 15.2 Å². The van der Waals surface area contributed by atoms with Crippen molar-refractivity contribution in [2.24, 2.45) is 11.7 Å². The minimum absolute atomic E-state index is 0.0127. The fraction of sp³-hybridized carbons (Fsp3) is 0.579. The molecule has 1 aromatic rings. The van der Waals surface area contributed by atoms with Crippen molar-refractivity contribution in [2.45, 2.75) is 50.0 Å². The van der Waals surface area contributed by atoms with Crippen LogP contribution in [0.15, 0.2) is 24.3 Å². The Morgan fingerprint density at radius 1 is 1.42 bits per heavy atom. The van der Waals surface area contributed by atoms with Crippen molar-refractivity contribution < 1.29 is 19.3 Å². The van der Waals surface area contributed by atoms with Crippen LogP contribution in [0.25, 0.3) is 0 Å². The quantitative estimate of drug-likeness (QED) is 0.828. The van der Waals surface area contributed by atoms with Gasteiger partial charge in [-0.05, 0) is 37.3 Å². The third-order valence-corrected chi connectivity index (χ3v) is 5.74. The highest BCUT2D eigenvalue weighted by Crippen LogP contribution is 2.57. The predicted octanol–water partition coefficient (Wildman–Crippen LogP) is 1.90. The Hall–Kier alpha value is -1.56. The largest absolute Gasteiger partial charge is 0.493 e. The van der Waals surface area contributed by atoms with Gasteiger partial charge in [0.25, 0.3) is 0 Å². The Labute approximate surface area is 142 Å². The highest BCUT2D eigenvalue weighted by molar-refractivity contribution is 5.60. The Morgan fingerprint density at radius 2 is 2.25 bits per heavy atom. The van der Waals surface area contributed by atoms with Crippen LogP contribution in [0.2, 0.25) is 0 Å². The fourth-order valence-corrected chi connectivity index (χ4v) is 4.79. The van der Waals surface area contributed by atoms with E-state index in [0.29, 0.717) is 13.0 Å². The second-order valence-electron chi connectivity index (χ2n) is 7.01. The van der Waals surface area contributed by atoms with Crippen molar-refractivity contribution in [1.29, 1.82) is 0 Å². The van der Waals surface area contributed by atoms with E-state index in [4.69, 9.17) is 19.9 Å². The summed E-state index contributed by atoms with van der Waals surface area (Å²) in [6, 6.07) is 4.06. The molecule has 1 spiro atoms. The first-order valence-electron chi connectivity index (χ1n) is 8.70. The van der Waals surface area contributed by atoms with Crippen LogP contribution in [-0.4, -0.2) is 37.3 Å². The van der Waals surface area contributed by atoms with E-state index in [0.717, 1.165) is 24.3 Å². The topological polar surface area (TPSA) is 73.9 Å². The van der Waals surface area contributed by atoms with Crippen LogP contribution in [-0.2, 0) is 16.6 Å². The summed E-state index contributed by atoms with van der Waals surface area (Å²) in [4.78, 5) is 0. The molecular formula is C19H25NO4. The average molecular weight is 331 g/mol. The summed E-state index contributed by atoms with van der Waals surface area (Å²) < 4.78 is 17.5. The molecule has 1 aliphatic heterocycles. The lowest BCUT2D eigenvalue weighted by Gasteiger charge is -2.53. The summed E-state index contributed by atoms with van der Waals surface area (Å²) in [5, 5.41) is 10.2. The second kappa shape index (κ2) is 5.76. The minimum atomic E-state index is -0.435. The molecule has 0 fully saturated rings. The number of ether oxygens (including phenoxy) is 3. The summed E-state index contributed by atoms with van der Waals surface area (Å²) in [6.45, 7) is 2.55. The molecule has 4 rings (SSSR count). The molecule has 5 nitrogen and oxygen atoms in total. The molecule has 0 bridgehead atoms. The lowest BCUT2D eigenvalue weighted by molar-refractivity contribution is -0.110. The maximum Gasteiger partial charge on any atom is 0.201 e. The smallest absolute Gasteiger partial charge is 0.201 e. The molecule has 5 atom stereocenters. The number of aliphatic hydroxyl groups excluding tert-OH is 1. The van der Waals surface area contributed by atoms with Gasteiger partial charge in [0.2, 0.25) is 6.29 Å². The first-order valence-corrected chi connectivity index (χ1v) is 8.70. The first kappa shape index (κ1) is 15.9. The second-order valence-corrected chi connectivity index (χ2v) is 7.01. The molecule has 3 N–H and O–H groups in total. The molecular weight excluding hydrogens is 306 g/mol. The minimum Gasteiger partial charge on any atom is -0.493 e. The number of aliphatic hydroxyl groups is 1. The van der Waals surface area contributed by atoms with Gasteiger partial charge in [-0.15, -0.1) is 0 Å². The monoisotopic (exact) mass is 331 g/mol. The summed E-state index contributed by atoms with van der Waals surface area (Å²) in [7, 11) is 1.66. The van der Waals surface area contributed by atoms with E-state index in [1.54, 1.807) is 7.11 Å². The maximum atomic E-state index is 10.2. The molecule has 0 saturated heterocycles. The van der Waals surface area contributed by atoms with Gasteiger partial charge in [0, 0.05) is 30.0 Å². The lowest BCUT2D eigenvalue weighted by Crippen LogP contribution is -2.56. The Kier molecular flexibility index (Phi) is 3.82. The average Bonchev–Trinajstić information content (AvgIpc) is 2.57. The van der Waals surface area contributed by atoms with Crippen molar-refractivity contribution >= 4 is 0 Å². The van der Waals surface area contributed by atoms with Gasteiger partial charge in [-0.25, -0.2) is 0 Å². The maximum absolute atomic E-state index is 10.2. The SMILES string of the molecule is CCOC1C[C@]23C=CC(O)C[C@H]2[C@H](N)Cc2ccc(OC)c(c23)O1. The van der Waals surface area contributed by atoms with Crippen molar-refractivity contribution in [2.75, 3.05) is 13.7 Å². The molecule has 1 heterocycles. The summed E-state index contributed by atoms with van der Waals surface area (Å²) in [5.41, 5.74) is 8.66. The summed E-state index contributed by atoms with van der Waals surface area (Å²) >= 11 is 0. The summed E-state index contributed by atoms with van der Waals surface area (Å²) in [6.07, 6.45) is 5.45. The molecule has 24 heavy (non-hydrogen) atoms. The third-order valence-electron chi connectivity index (χ3n) is 5.74. The van der Waals surface area contributed by atoms with Gasteiger partial charge in [-0.1, -0.05) is 18.2 Å². The Bertz CT molecular complexity index is 674. The van der Waals surface area contributed by atoms with Crippen LogP contribution in [0.1, 0.15) is 30.9 Å². The molecule has 0 aromatic heterocycles. The van der Waals surface area contributed by atoms with Gasteiger partial charge in [-0.2, -0.15) is 0 Å². The van der Waals surface area contributed by atoms with Gasteiger partial charge in [0.1, 0.15) is 0 Å². The standard InChI is InChI=1S/C19H25NO4/c1-3-23-16-10-19-7-6-12(21)9-13(19)14(20)8-11-4-5-15(22-2)18(24-16)17(11)19/h4-7,12-14,16,21H,3,8-10,20H2,1-2H3/t12?,13-,14+,16?,19+/m0/s1. The van der Waals surface area contributed by atoms with Crippen LogP contribution in [0.5, 0.6) is 11.5 Å². The van der Waals surface area contributed by atoms with Crippen LogP contribution in [0.3, 0.4) is 0 Å². The summed E-state index contributed by atoms with van der Waals surface area (Å²) in [5.74, 6) is 1.67. The molecule has 3 aliphatic rings. The molecule has 0 saturated carbocycles. The zero-order valence-electron chi connectivity index (χ0n) is 14.2. The van der Waals surface area contributed by atoms with Crippen molar-refractivity contribution in [1.82, 2.24) is 0 Å². The van der Waals surface area contributed by atoms with E-state index in [2.05, 4.69) is 12.1 Å². The third kappa shape index (κ3) is 2.19. The normalized spacial score (nSPS) is 36.5. The van der Waals surface area contributed by atoms with E-state index < -0.39 is 6.10 Å². The van der Waals surface area contributed by atoms with Gasteiger partial charge in [0.05, 0.1) is 13.2 Å². The van der Waals surface area contributed by atoms with Gasteiger partial charge >= 0.3 is 0 Å². The molecule has 0 radical (unpaired) electrons. The van der Waals surface area contributed by atoms with E-state index in [1.807, 2.05) is 19.1 Å². The molecule has 130 valence electrons. The number of hydrogen-bond donors (Lipinski definition) is 2. The van der Waals surface area contributed by atoms with Crippen LogP contribution in [0.4, 0.5) is 0 Å². The highest BCUT2D eigenvalue weighted by atomic mass is 16.7. The van der Waals surface area contributed by atoms with Gasteiger partial charge in [-0.3, -0.25) is 0 Å². The first-order chi connectivity index (χ1) is 11.6. The molecule has 2 aliphatic carbocycles. The molecule has 1 aromatic carbocycles. The zero-order valence-corrected chi connectivity index (χ0v) is 14.2.